The van der Waals surface area contributed by atoms with E-state index in [1.165, 1.54) is 24.3 Å². The van der Waals surface area contributed by atoms with Crippen molar-refractivity contribution in [3.05, 3.63) is 77.2 Å². The van der Waals surface area contributed by atoms with Crippen molar-refractivity contribution in [3.63, 3.8) is 0 Å². The van der Waals surface area contributed by atoms with Gasteiger partial charge in [0.1, 0.15) is 16.8 Å². The lowest BCUT2D eigenvalue weighted by Crippen LogP contribution is -2.41. The molecular weight excluding hydrogens is 612 g/mol. The van der Waals surface area contributed by atoms with Gasteiger partial charge in [0.25, 0.3) is 5.91 Å². The predicted octanol–water partition coefficient (Wildman–Crippen LogP) is 4.58. The first kappa shape index (κ1) is 33.1. The van der Waals surface area contributed by atoms with Gasteiger partial charge in [-0.05, 0) is 55.8 Å². The number of alkyl halides is 2. The van der Waals surface area contributed by atoms with Gasteiger partial charge < -0.3 is 19.7 Å². The molecule has 10 nitrogen and oxygen atoms in total. The van der Waals surface area contributed by atoms with Crippen LogP contribution in [-0.2, 0) is 19.4 Å². The zero-order chi connectivity index (χ0) is 32.1. The van der Waals surface area contributed by atoms with Crippen LogP contribution >= 0.6 is 12.6 Å². The van der Waals surface area contributed by atoms with Gasteiger partial charge in [-0.3, -0.25) is 4.79 Å². The highest BCUT2D eigenvalue weighted by molar-refractivity contribution is 7.91. The molecule has 44 heavy (non-hydrogen) atoms. The molecule has 3 aromatic rings. The normalized spacial score (nSPS) is 18.1. The van der Waals surface area contributed by atoms with Crippen LogP contribution in [0.15, 0.2) is 59.5 Å². The van der Waals surface area contributed by atoms with E-state index >= 15 is 0 Å². The number of thiol groups is 1. The lowest BCUT2D eigenvalue weighted by Gasteiger charge is -2.29. The van der Waals surface area contributed by atoms with Crippen LogP contribution in [-0.4, -0.2) is 62.0 Å². The van der Waals surface area contributed by atoms with E-state index in [1.807, 2.05) is 17.9 Å². The first-order chi connectivity index (χ1) is 20.8. The first-order valence-corrected chi connectivity index (χ1v) is 15.9. The van der Waals surface area contributed by atoms with Gasteiger partial charge in [-0.25, -0.2) is 13.4 Å². The molecule has 1 fully saturated rings. The largest absolute Gasteiger partial charge is 0.472 e. The van der Waals surface area contributed by atoms with Crippen LogP contribution in [0.1, 0.15) is 47.2 Å². The number of ether oxygens (including phenoxy) is 2. The molecule has 1 aromatic heterocycles. The number of aryl methyl sites for hydroxylation is 2. The summed E-state index contributed by atoms with van der Waals surface area (Å²) >= 11 is 4.60. The third kappa shape index (κ3) is 8.02. The van der Waals surface area contributed by atoms with Crippen LogP contribution in [0.5, 0.6) is 5.88 Å². The van der Waals surface area contributed by atoms with E-state index in [2.05, 4.69) is 32.7 Å². The molecule has 1 saturated heterocycles. The van der Waals surface area contributed by atoms with Gasteiger partial charge in [0, 0.05) is 29.4 Å². The van der Waals surface area contributed by atoms with Crippen LogP contribution in [0.4, 0.5) is 14.5 Å². The van der Waals surface area contributed by atoms with Gasteiger partial charge in [0.05, 0.1) is 42.3 Å². The van der Waals surface area contributed by atoms with E-state index in [0.29, 0.717) is 35.9 Å². The number of nitrogens with zero attached hydrogens (tertiary/aromatic N) is 4. The number of carbonyl (C=O) groups is 1. The summed E-state index contributed by atoms with van der Waals surface area (Å²) in [4.78, 5) is 22.4. The van der Waals surface area contributed by atoms with Crippen molar-refractivity contribution in [3.8, 4) is 11.9 Å². The quantitative estimate of drug-likeness (QED) is 0.214. The Morgan fingerprint density at radius 2 is 1.86 bits per heavy atom. The van der Waals surface area contributed by atoms with Gasteiger partial charge >= 0.3 is 6.61 Å². The van der Waals surface area contributed by atoms with Crippen LogP contribution in [0.3, 0.4) is 0 Å². The van der Waals surface area contributed by atoms with E-state index < -0.39 is 33.3 Å². The maximum absolute atomic E-state index is 13.3. The Morgan fingerprint density at radius 1 is 1.18 bits per heavy atom. The summed E-state index contributed by atoms with van der Waals surface area (Å²) in [6, 6.07) is 15.8. The molecule has 3 atom stereocenters. The van der Waals surface area contributed by atoms with Gasteiger partial charge in [-0.15, -0.1) is 12.6 Å². The molecule has 0 aliphatic carbocycles. The summed E-state index contributed by atoms with van der Waals surface area (Å²) in [5.74, 6) is 0.386. The molecule has 0 bridgehead atoms. The molecule has 2 aromatic carbocycles. The molecule has 1 amide bonds. The number of hydrogen-bond acceptors (Lipinski definition) is 10. The molecular formula is C30H33F2N5O5S2. The number of rotatable bonds is 12. The van der Waals surface area contributed by atoms with Crippen molar-refractivity contribution in [2.75, 3.05) is 23.8 Å². The van der Waals surface area contributed by atoms with Crippen molar-refractivity contribution >= 4 is 34.1 Å². The van der Waals surface area contributed by atoms with Crippen molar-refractivity contribution < 1.29 is 31.5 Å². The molecule has 0 unspecified atom stereocenters. The number of sulfone groups is 1. The van der Waals surface area contributed by atoms with Crippen molar-refractivity contribution in [1.29, 1.82) is 5.26 Å². The zero-order valence-electron chi connectivity index (χ0n) is 24.4. The van der Waals surface area contributed by atoms with Gasteiger partial charge in [-0.2, -0.15) is 19.0 Å². The van der Waals surface area contributed by atoms with E-state index in [9.17, 15) is 27.3 Å². The minimum absolute atomic E-state index is 0.0598. The Hall–Kier alpha value is -3.80. The molecule has 0 saturated carbocycles. The van der Waals surface area contributed by atoms with E-state index in [-0.39, 0.29) is 35.3 Å². The van der Waals surface area contributed by atoms with Crippen LogP contribution in [0.25, 0.3) is 0 Å². The summed E-state index contributed by atoms with van der Waals surface area (Å²) in [5, 5.41) is 12.2. The van der Waals surface area contributed by atoms with Crippen LogP contribution in [0, 0.1) is 25.2 Å². The SMILES string of the molecule is CCS(=O)(=O)c1ccc([C@@](S)(CC#N)NC(=O)c2ccc(N3C[C@H](Oc4cc(C)nc(C)n4)C[C@H]3COC(F)F)cc2)cc1. The zero-order valence-corrected chi connectivity index (χ0v) is 26.1. The minimum atomic E-state index is -3.42. The number of benzene rings is 2. The number of halogens is 2. The average molecular weight is 646 g/mol. The van der Waals surface area contributed by atoms with Crippen molar-refractivity contribution in [2.24, 2.45) is 0 Å². The molecule has 14 heteroatoms. The van der Waals surface area contributed by atoms with Gasteiger partial charge in [0.15, 0.2) is 9.84 Å². The standard InChI is InChI=1S/C30H33F2N5O5S2/c1-4-44(39,40)26-11-7-22(8-12-26)30(43,13-14-33)36-28(38)21-5-9-23(10-6-21)37-17-25(16-24(37)18-41-29(31)32)42-27-15-19(2)34-20(3)35-27/h5-12,15,24-25,29,43H,4,13,16-18H2,1-3H3,(H,36,38)/t24-,25+,30-/m0/s1. The number of anilines is 1. The summed E-state index contributed by atoms with van der Waals surface area (Å²) in [6.07, 6.45) is -0.134. The Kier molecular flexibility index (Phi) is 10.4. The fraction of sp³-hybridized carbons (Fsp3) is 0.400. The molecule has 1 aliphatic heterocycles. The first-order valence-electron chi connectivity index (χ1n) is 13.8. The average Bonchev–Trinajstić information content (AvgIpc) is 3.38. The molecule has 234 valence electrons. The number of nitrogens with one attached hydrogen (secondary N) is 1. The monoisotopic (exact) mass is 645 g/mol. The maximum Gasteiger partial charge on any atom is 0.345 e. The Morgan fingerprint density at radius 3 is 2.45 bits per heavy atom. The smallest absolute Gasteiger partial charge is 0.345 e. The van der Waals surface area contributed by atoms with E-state index in [1.54, 1.807) is 44.2 Å². The molecule has 0 radical (unpaired) electrons. The third-order valence-corrected chi connectivity index (χ3v) is 9.49. The highest BCUT2D eigenvalue weighted by Gasteiger charge is 2.35. The number of amides is 1. The van der Waals surface area contributed by atoms with Crippen LogP contribution in [0.2, 0.25) is 0 Å². The van der Waals surface area contributed by atoms with E-state index in [0.717, 1.165) is 5.69 Å². The Bertz CT molecular complexity index is 1600. The summed E-state index contributed by atoms with van der Waals surface area (Å²) in [6.45, 7) is 2.35. The number of aromatic nitrogens is 2. The second-order valence-corrected chi connectivity index (χ2v) is 13.4. The second kappa shape index (κ2) is 13.9. The molecule has 0 spiro atoms. The molecule has 1 aliphatic rings. The number of carbonyl (C=O) groups excluding carboxylic acids is 1. The third-order valence-electron chi connectivity index (χ3n) is 7.21. The maximum atomic E-state index is 13.3. The highest BCUT2D eigenvalue weighted by atomic mass is 32.2. The molecule has 2 heterocycles. The Labute approximate surface area is 260 Å². The number of nitriles is 1. The van der Waals surface area contributed by atoms with E-state index in [4.69, 9.17) is 4.74 Å². The van der Waals surface area contributed by atoms with Crippen molar-refractivity contribution in [1.82, 2.24) is 15.3 Å². The topological polar surface area (TPSA) is 135 Å². The predicted molar refractivity (Wildman–Crippen MR) is 163 cm³/mol. The fourth-order valence-corrected chi connectivity index (χ4v) is 6.24. The second-order valence-electron chi connectivity index (χ2n) is 10.4. The fourth-order valence-electron chi connectivity index (χ4n) is 5.03. The highest BCUT2D eigenvalue weighted by Crippen LogP contribution is 2.32. The summed E-state index contributed by atoms with van der Waals surface area (Å²) < 4.78 is 60.9. The summed E-state index contributed by atoms with van der Waals surface area (Å²) in [7, 11) is -3.42. The molecule has 1 N–H and O–H groups in total. The molecule has 4 rings (SSSR count). The van der Waals surface area contributed by atoms with Crippen molar-refractivity contribution in [2.45, 2.75) is 62.1 Å². The van der Waals surface area contributed by atoms with Crippen LogP contribution < -0.4 is 15.0 Å². The lowest BCUT2D eigenvalue weighted by molar-refractivity contribution is -0.131. The number of hydrogen-bond donors (Lipinski definition) is 2. The van der Waals surface area contributed by atoms with Gasteiger partial charge in [0.2, 0.25) is 5.88 Å². The lowest BCUT2D eigenvalue weighted by atomic mass is 10.0. The Balaban J connectivity index is 1.50. The van der Waals surface area contributed by atoms with Gasteiger partial charge in [-0.1, -0.05) is 19.1 Å². The summed E-state index contributed by atoms with van der Waals surface area (Å²) in [5.41, 5.74) is 2.14. The minimum Gasteiger partial charge on any atom is -0.472 e.